The van der Waals surface area contributed by atoms with Crippen LogP contribution < -0.4 is 11.1 Å². The average Bonchev–Trinajstić information content (AvgIpc) is 2.45. The molecule has 1 unspecified atom stereocenters. The van der Waals surface area contributed by atoms with Crippen LogP contribution in [0.3, 0.4) is 0 Å². The van der Waals surface area contributed by atoms with Crippen LogP contribution in [0.25, 0.3) is 0 Å². The zero-order valence-corrected chi connectivity index (χ0v) is 11.6. The summed E-state index contributed by atoms with van der Waals surface area (Å²) in [6, 6.07) is 6.12. The number of esters is 1. The molecule has 0 aliphatic carbocycles. The third-order valence-electron chi connectivity index (χ3n) is 2.45. The van der Waals surface area contributed by atoms with Crippen LogP contribution in [-0.4, -0.2) is 31.1 Å². The fraction of sp³-hybridized carbons (Fsp3) is 0.333. The first-order valence-electron chi connectivity index (χ1n) is 6.35. The van der Waals surface area contributed by atoms with Gasteiger partial charge in [-0.3, -0.25) is 4.79 Å². The SMILES string of the molecule is CCOC(=O)C(C)NC(=O)c1cccc(C#CCN)c1. The van der Waals surface area contributed by atoms with Crippen molar-refractivity contribution in [2.24, 2.45) is 5.73 Å². The number of rotatable bonds is 4. The minimum Gasteiger partial charge on any atom is -0.464 e. The number of carbonyl (C=O) groups excluding carboxylic acids is 2. The van der Waals surface area contributed by atoms with Crippen molar-refractivity contribution in [3.8, 4) is 11.8 Å². The van der Waals surface area contributed by atoms with E-state index in [1.165, 1.54) is 0 Å². The van der Waals surface area contributed by atoms with Gasteiger partial charge in [-0.25, -0.2) is 4.79 Å². The minimum atomic E-state index is -0.693. The fourth-order valence-electron chi connectivity index (χ4n) is 1.50. The first-order valence-corrected chi connectivity index (χ1v) is 6.35. The summed E-state index contributed by atoms with van der Waals surface area (Å²) < 4.78 is 4.83. The van der Waals surface area contributed by atoms with E-state index in [1.807, 2.05) is 0 Å². The molecule has 3 N–H and O–H groups in total. The van der Waals surface area contributed by atoms with E-state index < -0.39 is 12.0 Å². The lowest BCUT2D eigenvalue weighted by Gasteiger charge is -2.12. The van der Waals surface area contributed by atoms with E-state index in [0.29, 0.717) is 11.1 Å². The maximum absolute atomic E-state index is 12.0. The van der Waals surface area contributed by atoms with Gasteiger partial charge in [-0.05, 0) is 32.0 Å². The van der Waals surface area contributed by atoms with Crippen molar-refractivity contribution in [1.29, 1.82) is 0 Å². The zero-order valence-electron chi connectivity index (χ0n) is 11.6. The Balaban J connectivity index is 2.75. The van der Waals surface area contributed by atoms with Crippen LogP contribution in [0.1, 0.15) is 29.8 Å². The van der Waals surface area contributed by atoms with Crippen molar-refractivity contribution in [2.45, 2.75) is 19.9 Å². The van der Waals surface area contributed by atoms with E-state index in [0.717, 1.165) is 0 Å². The molecule has 1 rings (SSSR count). The highest BCUT2D eigenvalue weighted by Gasteiger charge is 2.17. The predicted octanol–water partition coefficient (Wildman–Crippen LogP) is 0.678. The second-order valence-corrected chi connectivity index (χ2v) is 4.03. The molecule has 5 heteroatoms. The molecule has 0 spiro atoms. The molecule has 1 aromatic rings. The lowest BCUT2D eigenvalue weighted by Crippen LogP contribution is -2.39. The molecule has 0 aliphatic heterocycles. The Morgan fingerprint density at radius 2 is 2.20 bits per heavy atom. The highest BCUT2D eigenvalue weighted by Crippen LogP contribution is 2.04. The summed E-state index contributed by atoms with van der Waals surface area (Å²) in [5, 5.41) is 2.58. The van der Waals surface area contributed by atoms with Crippen molar-refractivity contribution >= 4 is 11.9 Å². The molecule has 0 radical (unpaired) electrons. The number of hydrogen-bond acceptors (Lipinski definition) is 4. The van der Waals surface area contributed by atoms with Gasteiger partial charge in [0.25, 0.3) is 5.91 Å². The molecule has 106 valence electrons. The Morgan fingerprint density at radius 1 is 1.45 bits per heavy atom. The quantitative estimate of drug-likeness (QED) is 0.625. The molecule has 0 saturated carbocycles. The van der Waals surface area contributed by atoms with Crippen molar-refractivity contribution < 1.29 is 14.3 Å². The topological polar surface area (TPSA) is 81.4 Å². The Kier molecular flexibility index (Phi) is 6.27. The van der Waals surface area contributed by atoms with Crippen molar-refractivity contribution in [1.82, 2.24) is 5.32 Å². The van der Waals surface area contributed by atoms with E-state index >= 15 is 0 Å². The molecule has 5 nitrogen and oxygen atoms in total. The molecule has 0 bridgehead atoms. The first kappa shape index (κ1) is 15.7. The molecule has 20 heavy (non-hydrogen) atoms. The van der Waals surface area contributed by atoms with Crippen molar-refractivity contribution in [3.05, 3.63) is 35.4 Å². The maximum Gasteiger partial charge on any atom is 0.328 e. The third-order valence-corrected chi connectivity index (χ3v) is 2.45. The Hall–Kier alpha value is -2.32. The standard InChI is InChI=1S/C15H18N2O3/c1-3-20-15(19)11(2)17-14(18)13-8-4-6-12(10-13)7-5-9-16/h4,6,8,10-11H,3,9,16H2,1-2H3,(H,17,18). The second-order valence-electron chi connectivity index (χ2n) is 4.03. The van der Waals surface area contributed by atoms with Crippen LogP contribution in [-0.2, 0) is 9.53 Å². The second kappa shape index (κ2) is 7.97. The van der Waals surface area contributed by atoms with Gasteiger partial charge >= 0.3 is 5.97 Å². The normalized spacial score (nSPS) is 10.9. The van der Waals surface area contributed by atoms with E-state index in [4.69, 9.17) is 10.5 Å². The average molecular weight is 274 g/mol. The molecular formula is C15H18N2O3. The summed E-state index contributed by atoms with van der Waals surface area (Å²) >= 11 is 0. The van der Waals surface area contributed by atoms with Gasteiger partial charge in [-0.2, -0.15) is 0 Å². The predicted molar refractivity (Wildman–Crippen MR) is 75.9 cm³/mol. The Morgan fingerprint density at radius 3 is 2.85 bits per heavy atom. The molecule has 0 aromatic heterocycles. The summed E-state index contributed by atoms with van der Waals surface area (Å²) in [6.45, 7) is 3.83. The molecule has 0 saturated heterocycles. The number of hydrogen-bond donors (Lipinski definition) is 2. The lowest BCUT2D eigenvalue weighted by molar-refractivity contribution is -0.144. The summed E-state index contributed by atoms with van der Waals surface area (Å²) in [6.07, 6.45) is 0. The number of nitrogens with one attached hydrogen (secondary N) is 1. The Bertz CT molecular complexity index is 544. The third kappa shape index (κ3) is 4.75. The van der Waals surface area contributed by atoms with Crippen molar-refractivity contribution in [3.63, 3.8) is 0 Å². The Labute approximate surface area is 118 Å². The van der Waals surface area contributed by atoms with Gasteiger partial charge < -0.3 is 15.8 Å². The van der Waals surface area contributed by atoms with Gasteiger partial charge in [0, 0.05) is 11.1 Å². The monoisotopic (exact) mass is 274 g/mol. The van der Waals surface area contributed by atoms with Crippen LogP contribution in [0.2, 0.25) is 0 Å². The van der Waals surface area contributed by atoms with Gasteiger partial charge in [0.2, 0.25) is 0 Å². The van der Waals surface area contributed by atoms with Gasteiger partial charge in [-0.15, -0.1) is 0 Å². The molecular weight excluding hydrogens is 256 g/mol. The lowest BCUT2D eigenvalue weighted by atomic mass is 10.1. The minimum absolute atomic E-state index is 0.260. The summed E-state index contributed by atoms with van der Waals surface area (Å²) in [4.78, 5) is 23.4. The van der Waals surface area contributed by atoms with E-state index in [2.05, 4.69) is 17.2 Å². The highest BCUT2D eigenvalue weighted by molar-refractivity contribution is 5.96. The molecule has 0 fully saturated rings. The van der Waals surface area contributed by atoms with Gasteiger partial charge in [-0.1, -0.05) is 17.9 Å². The number of nitrogens with two attached hydrogens (primary N) is 1. The van der Waals surface area contributed by atoms with Gasteiger partial charge in [0.15, 0.2) is 0 Å². The number of ether oxygens (including phenoxy) is 1. The van der Waals surface area contributed by atoms with E-state index in [-0.39, 0.29) is 19.1 Å². The van der Waals surface area contributed by atoms with Crippen LogP contribution >= 0.6 is 0 Å². The number of amides is 1. The zero-order chi connectivity index (χ0) is 15.0. The summed E-state index contributed by atoms with van der Waals surface area (Å²) in [5.41, 5.74) is 6.43. The van der Waals surface area contributed by atoms with Crippen molar-refractivity contribution in [2.75, 3.05) is 13.2 Å². The maximum atomic E-state index is 12.0. The number of benzene rings is 1. The molecule has 0 aliphatic rings. The van der Waals surface area contributed by atoms with Gasteiger partial charge in [0.05, 0.1) is 13.2 Å². The highest BCUT2D eigenvalue weighted by atomic mass is 16.5. The summed E-state index contributed by atoms with van der Waals surface area (Å²) in [5.74, 6) is 4.76. The molecule has 1 amide bonds. The van der Waals surface area contributed by atoms with Crippen LogP contribution in [0.15, 0.2) is 24.3 Å². The molecule has 1 atom stereocenters. The number of carbonyl (C=O) groups is 2. The van der Waals surface area contributed by atoms with Crippen LogP contribution in [0, 0.1) is 11.8 Å². The van der Waals surface area contributed by atoms with E-state index in [1.54, 1.807) is 38.1 Å². The van der Waals surface area contributed by atoms with Gasteiger partial charge in [0.1, 0.15) is 6.04 Å². The summed E-state index contributed by atoms with van der Waals surface area (Å²) in [7, 11) is 0. The first-order chi connectivity index (χ1) is 9.58. The molecule has 0 heterocycles. The van der Waals surface area contributed by atoms with E-state index in [9.17, 15) is 9.59 Å². The van der Waals surface area contributed by atoms with Crippen LogP contribution in [0.5, 0.6) is 0 Å². The largest absolute Gasteiger partial charge is 0.464 e. The van der Waals surface area contributed by atoms with Crippen LogP contribution in [0.4, 0.5) is 0 Å². The smallest absolute Gasteiger partial charge is 0.328 e. The molecule has 1 aromatic carbocycles. The fourth-order valence-corrected chi connectivity index (χ4v) is 1.50.